The van der Waals surface area contributed by atoms with Gasteiger partial charge in [0.1, 0.15) is 17.2 Å². The number of piperidine rings is 1. The Morgan fingerprint density at radius 1 is 1.21 bits per heavy atom. The average molecular weight is 546 g/mol. The topological polar surface area (TPSA) is 113 Å². The molecular formula is C27H27F4N5O3. The summed E-state index contributed by atoms with van der Waals surface area (Å²) in [5.41, 5.74) is 8.98. The summed E-state index contributed by atoms with van der Waals surface area (Å²) in [5.74, 6) is -1.39. The Hall–Kier alpha value is -3.83. The van der Waals surface area contributed by atoms with Crippen LogP contribution in [0.15, 0.2) is 24.4 Å². The summed E-state index contributed by atoms with van der Waals surface area (Å²) in [6, 6.07) is 3.26. The van der Waals surface area contributed by atoms with Crippen LogP contribution >= 0.6 is 0 Å². The maximum absolute atomic E-state index is 15.4. The number of aryl methyl sites for hydroxylation is 1. The van der Waals surface area contributed by atoms with Gasteiger partial charge >= 0.3 is 6.36 Å². The highest BCUT2D eigenvalue weighted by atomic mass is 19.4. The zero-order chi connectivity index (χ0) is 27.5. The SMILES string of the molecule is Nc1cc(OC(F)(F)F)ccc1C(=O)N1CCC(c2c(F)cnc3[nH]c4c(c23)C[C@]2(CC4)CNC(=O)C2)CC1. The van der Waals surface area contributed by atoms with Crippen LogP contribution in [0.3, 0.4) is 0 Å². The molecule has 1 aromatic carbocycles. The number of nitrogens with zero attached hydrogens (tertiary/aromatic N) is 2. The number of nitrogens with one attached hydrogen (secondary N) is 2. The van der Waals surface area contributed by atoms with E-state index in [2.05, 4.69) is 20.0 Å². The van der Waals surface area contributed by atoms with E-state index in [1.807, 2.05) is 0 Å². The molecule has 1 aliphatic carbocycles. The van der Waals surface area contributed by atoms with Crippen molar-refractivity contribution in [2.75, 3.05) is 25.4 Å². The normalized spacial score (nSPS) is 21.8. The van der Waals surface area contributed by atoms with E-state index >= 15 is 4.39 Å². The number of benzene rings is 1. The second kappa shape index (κ2) is 9.13. The number of aromatic nitrogens is 2. The number of carbonyl (C=O) groups is 2. The van der Waals surface area contributed by atoms with Gasteiger partial charge in [-0.25, -0.2) is 9.37 Å². The standard InChI is InChI=1S/C27H27F4N5O3/c28-18-12-33-24-23(17-10-26(6-3-20(17)35-24)11-21(37)34-13-26)22(18)14-4-7-36(8-5-14)25(38)16-2-1-15(9-19(16)32)39-27(29,30)31/h1-2,9,12,14H,3-8,10-11,13,32H2,(H,33,35)(H,34,37)/t26-/m0/s1. The Morgan fingerprint density at radius 3 is 2.64 bits per heavy atom. The van der Waals surface area contributed by atoms with Crippen molar-refractivity contribution in [3.05, 3.63) is 52.6 Å². The number of anilines is 1. The molecule has 3 aliphatic rings. The molecule has 12 heteroatoms. The number of halogens is 4. The Morgan fingerprint density at radius 2 is 1.97 bits per heavy atom. The van der Waals surface area contributed by atoms with Gasteiger partial charge < -0.3 is 25.7 Å². The summed E-state index contributed by atoms with van der Waals surface area (Å²) in [6.45, 7) is 1.28. The lowest BCUT2D eigenvalue weighted by atomic mass is 9.71. The quantitative estimate of drug-likeness (QED) is 0.337. The number of H-pyrrole nitrogens is 1. The second-order valence-corrected chi connectivity index (χ2v) is 10.8. The summed E-state index contributed by atoms with van der Waals surface area (Å²) in [4.78, 5) is 34.4. The predicted octanol–water partition coefficient (Wildman–Crippen LogP) is 4.20. The highest BCUT2D eigenvalue weighted by molar-refractivity contribution is 5.99. The number of ether oxygens (including phenoxy) is 1. The van der Waals surface area contributed by atoms with Crippen LogP contribution in [-0.2, 0) is 17.6 Å². The molecule has 1 spiro atoms. The first-order valence-electron chi connectivity index (χ1n) is 12.9. The van der Waals surface area contributed by atoms with Gasteiger partial charge in [0.05, 0.1) is 11.8 Å². The van der Waals surface area contributed by atoms with Gasteiger partial charge in [0.2, 0.25) is 5.91 Å². The van der Waals surface area contributed by atoms with Crippen molar-refractivity contribution in [2.24, 2.45) is 5.41 Å². The van der Waals surface area contributed by atoms with Crippen molar-refractivity contribution in [1.82, 2.24) is 20.2 Å². The van der Waals surface area contributed by atoms with Gasteiger partial charge in [-0.3, -0.25) is 9.59 Å². The number of pyridine rings is 1. The van der Waals surface area contributed by atoms with E-state index < -0.39 is 18.0 Å². The van der Waals surface area contributed by atoms with Gasteiger partial charge in [-0.15, -0.1) is 13.2 Å². The molecule has 0 unspecified atom stereocenters. The largest absolute Gasteiger partial charge is 0.573 e. The van der Waals surface area contributed by atoms with Crippen LogP contribution in [-0.4, -0.2) is 52.7 Å². The van der Waals surface area contributed by atoms with Gasteiger partial charge in [0.15, 0.2) is 0 Å². The number of alkyl halides is 3. The van der Waals surface area contributed by atoms with Crippen molar-refractivity contribution in [2.45, 2.75) is 50.8 Å². The molecule has 4 N–H and O–H groups in total. The molecule has 0 saturated carbocycles. The number of hydrogen-bond donors (Lipinski definition) is 3. The van der Waals surface area contributed by atoms with Crippen LogP contribution in [0.4, 0.5) is 23.2 Å². The number of aromatic amines is 1. The molecular weight excluding hydrogens is 518 g/mol. The third kappa shape index (κ3) is 4.65. The second-order valence-electron chi connectivity index (χ2n) is 10.8. The summed E-state index contributed by atoms with van der Waals surface area (Å²) in [7, 11) is 0. The number of nitrogens with two attached hydrogens (primary N) is 1. The molecule has 0 bridgehead atoms. The number of hydrogen-bond acceptors (Lipinski definition) is 5. The van der Waals surface area contributed by atoms with Gasteiger partial charge in [0.25, 0.3) is 5.91 Å². The third-order valence-corrected chi connectivity index (χ3v) is 8.34. The first-order chi connectivity index (χ1) is 18.5. The van der Waals surface area contributed by atoms with E-state index in [4.69, 9.17) is 5.73 Å². The first kappa shape index (κ1) is 25.4. The molecule has 2 aromatic heterocycles. The first-order valence-corrected chi connectivity index (χ1v) is 12.9. The number of fused-ring (bicyclic) bond motifs is 3. The van der Waals surface area contributed by atoms with Crippen molar-refractivity contribution in [1.29, 1.82) is 0 Å². The third-order valence-electron chi connectivity index (χ3n) is 8.34. The van der Waals surface area contributed by atoms with E-state index in [0.29, 0.717) is 56.5 Å². The van der Waals surface area contributed by atoms with E-state index in [1.165, 1.54) is 12.3 Å². The fraction of sp³-hybridized carbons (Fsp3) is 0.444. The van der Waals surface area contributed by atoms with E-state index in [0.717, 1.165) is 41.6 Å². The molecule has 2 fully saturated rings. The molecule has 1 atom stereocenters. The van der Waals surface area contributed by atoms with E-state index in [1.54, 1.807) is 4.90 Å². The molecule has 4 heterocycles. The van der Waals surface area contributed by atoms with Crippen LogP contribution < -0.4 is 15.8 Å². The summed E-state index contributed by atoms with van der Waals surface area (Å²) < 4.78 is 56.8. The van der Waals surface area contributed by atoms with Gasteiger partial charge in [0, 0.05) is 59.9 Å². The number of rotatable bonds is 3. The summed E-state index contributed by atoms with van der Waals surface area (Å²) in [5, 5.41) is 3.73. The average Bonchev–Trinajstić information content (AvgIpc) is 3.42. The zero-order valence-electron chi connectivity index (χ0n) is 21.0. The van der Waals surface area contributed by atoms with Crippen LogP contribution in [0.25, 0.3) is 11.0 Å². The van der Waals surface area contributed by atoms with Crippen molar-refractivity contribution in [3.8, 4) is 5.75 Å². The molecule has 6 rings (SSSR count). The number of nitrogen functional groups attached to an aromatic ring is 1. The fourth-order valence-electron chi connectivity index (χ4n) is 6.46. The highest BCUT2D eigenvalue weighted by Gasteiger charge is 2.43. The zero-order valence-corrected chi connectivity index (χ0v) is 21.0. The van der Waals surface area contributed by atoms with Crippen LogP contribution in [0.5, 0.6) is 5.75 Å². The molecule has 8 nitrogen and oxygen atoms in total. The predicted molar refractivity (Wildman–Crippen MR) is 134 cm³/mol. The van der Waals surface area contributed by atoms with Crippen LogP contribution in [0, 0.1) is 11.2 Å². The summed E-state index contributed by atoms with van der Waals surface area (Å²) >= 11 is 0. The maximum Gasteiger partial charge on any atom is 0.573 e. The lowest BCUT2D eigenvalue weighted by Crippen LogP contribution is -2.38. The Labute approximate surface area is 220 Å². The lowest BCUT2D eigenvalue weighted by molar-refractivity contribution is -0.274. The van der Waals surface area contributed by atoms with Crippen molar-refractivity contribution in [3.63, 3.8) is 0 Å². The molecule has 3 aromatic rings. The minimum atomic E-state index is -4.86. The summed E-state index contributed by atoms with van der Waals surface area (Å²) in [6.07, 6.45) is 0.147. The molecule has 2 saturated heterocycles. The van der Waals surface area contributed by atoms with Crippen molar-refractivity contribution >= 4 is 28.5 Å². The molecule has 39 heavy (non-hydrogen) atoms. The minimum Gasteiger partial charge on any atom is -0.406 e. The number of carbonyl (C=O) groups excluding carboxylic acids is 2. The Kier molecular flexibility index (Phi) is 5.96. The Bertz CT molecular complexity index is 1480. The van der Waals surface area contributed by atoms with Gasteiger partial charge in [-0.2, -0.15) is 0 Å². The van der Waals surface area contributed by atoms with Crippen molar-refractivity contribution < 1.29 is 31.9 Å². The lowest BCUT2D eigenvalue weighted by Gasteiger charge is -2.34. The maximum atomic E-state index is 15.4. The molecule has 2 amide bonds. The molecule has 2 aliphatic heterocycles. The fourth-order valence-corrected chi connectivity index (χ4v) is 6.46. The monoisotopic (exact) mass is 545 g/mol. The van der Waals surface area contributed by atoms with Gasteiger partial charge in [-0.05, 0) is 55.7 Å². The molecule has 206 valence electrons. The van der Waals surface area contributed by atoms with E-state index in [9.17, 15) is 22.8 Å². The Balaban J connectivity index is 1.22. The van der Waals surface area contributed by atoms with E-state index in [-0.39, 0.29) is 34.3 Å². The van der Waals surface area contributed by atoms with Crippen LogP contribution in [0.1, 0.15) is 58.8 Å². The molecule has 0 radical (unpaired) electrons. The minimum absolute atomic E-state index is 0.0445. The number of amides is 2. The van der Waals surface area contributed by atoms with Gasteiger partial charge in [-0.1, -0.05) is 0 Å². The number of likely N-dealkylation sites (tertiary alicyclic amines) is 1. The highest BCUT2D eigenvalue weighted by Crippen LogP contribution is 2.45. The van der Waals surface area contributed by atoms with Crippen LogP contribution in [0.2, 0.25) is 0 Å². The smallest absolute Gasteiger partial charge is 0.406 e.